The quantitative estimate of drug-likeness (QED) is 0.257. The van der Waals surface area contributed by atoms with E-state index in [0.717, 1.165) is 28.7 Å². The maximum atomic E-state index is 4.90. The fourth-order valence-corrected chi connectivity index (χ4v) is 4.82. The van der Waals surface area contributed by atoms with Crippen LogP contribution in [0.15, 0.2) is 85.2 Å². The highest BCUT2D eigenvalue weighted by Crippen LogP contribution is 2.34. The molecule has 1 atom stereocenters. The van der Waals surface area contributed by atoms with Crippen LogP contribution in [0.4, 0.5) is 0 Å². The van der Waals surface area contributed by atoms with Gasteiger partial charge in [-0.25, -0.2) is 9.97 Å². The van der Waals surface area contributed by atoms with Crippen molar-refractivity contribution < 1.29 is 0 Å². The average molecular weight is 460 g/mol. The van der Waals surface area contributed by atoms with E-state index in [-0.39, 0.29) is 5.41 Å². The Morgan fingerprint density at radius 1 is 0.800 bits per heavy atom. The Morgan fingerprint density at radius 3 is 2.34 bits per heavy atom. The Balaban J connectivity index is 1.51. The van der Waals surface area contributed by atoms with Crippen molar-refractivity contribution in [1.29, 1.82) is 0 Å². The van der Waals surface area contributed by atoms with Crippen LogP contribution in [-0.2, 0) is 11.8 Å². The molecule has 35 heavy (non-hydrogen) atoms. The lowest BCUT2D eigenvalue weighted by Crippen LogP contribution is -2.24. The van der Waals surface area contributed by atoms with Gasteiger partial charge in [-0.1, -0.05) is 95.3 Å². The Bertz CT molecular complexity index is 1480. The zero-order chi connectivity index (χ0) is 24.6. The molecule has 176 valence electrons. The fourth-order valence-electron chi connectivity index (χ4n) is 4.82. The highest BCUT2D eigenvalue weighted by atomic mass is 14.9. The molecule has 2 heterocycles. The van der Waals surface area contributed by atoms with Crippen molar-refractivity contribution in [3.63, 3.8) is 0 Å². The van der Waals surface area contributed by atoms with Crippen molar-refractivity contribution in [1.82, 2.24) is 15.0 Å². The molecule has 0 bridgehead atoms. The third-order valence-corrected chi connectivity index (χ3v) is 7.33. The molecule has 0 saturated heterocycles. The van der Waals surface area contributed by atoms with Gasteiger partial charge >= 0.3 is 0 Å². The number of para-hydroxylation sites is 1. The van der Waals surface area contributed by atoms with Gasteiger partial charge < -0.3 is 0 Å². The number of hydrogen-bond acceptors (Lipinski definition) is 3. The van der Waals surface area contributed by atoms with Gasteiger partial charge in [0.25, 0.3) is 0 Å². The molecule has 0 aliphatic rings. The molecule has 5 rings (SSSR count). The predicted octanol–water partition coefficient (Wildman–Crippen LogP) is 8.12. The number of fused-ring (bicyclic) bond motifs is 2. The van der Waals surface area contributed by atoms with Crippen molar-refractivity contribution in [2.24, 2.45) is 5.92 Å². The van der Waals surface area contributed by atoms with Gasteiger partial charge in [0.15, 0.2) is 0 Å². The van der Waals surface area contributed by atoms with E-state index in [9.17, 15) is 0 Å². The van der Waals surface area contributed by atoms with E-state index >= 15 is 0 Å². The molecule has 2 aromatic heterocycles. The number of nitrogens with zero attached hydrogens (tertiary/aromatic N) is 3. The largest absolute Gasteiger partial charge is 0.256 e. The third-order valence-electron chi connectivity index (χ3n) is 7.33. The first-order valence-corrected chi connectivity index (χ1v) is 12.5. The van der Waals surface area contributed by atoms with Gasteiger partial charge in [-0.3, -0.25) is 4.98 Å². The first-order valence-electron chi connectivity index (χ1n) is 12.5. The van der Waals surface area contributed by atoms with Crippen molar-refractivity contribution in [2.45, 2.75) is 52.4 Å². The summed E-state index contributed by atoms with van der Waals surface area (Å²) in [5.41, 5.74) is 6.85. The summed E-state index contributed by atoms with van der Waals surface area (Å²) < 4.78 is 0. The monoisotopic (exact) mass is 459 g/mol. The summed E-state index contributed by atoms with van der Waals surface area (Å²) >= 11 is 0. The van der Waals surface area contributed by atoms with E-state index < -0.39 is 0 Å². The SMILES string of the molecule is CC(C)C(C)c1ccc(-c2ccc(CC(C)(C)c3ncc4ccccc4n3)c3cccnc23)cc1. The molecule has 0 spiro atoms. The summed E-state index contributed by atoms with van der Waals surface area (Å²) in [5, 5.41) is 2.26. The van der Waals surface area contributed by atoms with E-state index in [0.29, 0.717) is 11.8 Å². The second-order valence-corrected chi connectivity index (χ2v) is 10.6. The van der Waals surface area contributed by atoms with E-state index in [1.54, 1.807) is 0 Å². The number of rotatable bonds is 6. The molecule has 0 amide bonds. The van der Waals surface area contributed by atoms with E-state index in [4.69, 9.17) is 15.0 Å². The van der Waals surface area contributed by atoms with Gasteiger partial charge in [-0.15, -0.1) is 0 Å². The Morgan fingerprint density at radius 2 is 1.57 bits per heavy atom. The van der Waals surface area contributed by atoms with Crippen LogP contribution in [0.3, 0.4) is 0 Å². The summed E-state index contributed by atoms with van der Waals surface area (Å²) in [7, 11) is 0. The van der Waals surface area contributed by atoms with Gasteiger partial charge in [0.1, 0.15) is 5.82 Å². The van der Waals surface area contributed by atoms with Crippen molar-refractivity contribution in [3.8, 4) is 11.1 Å². The van der Waals surface area contributed by atoms with Crippen molar-refractivity contribution in [2.75, 3.05) is 0 Å². The average Bonchev–Trinajstić information content (AvgIpc) is 2.88. The van der Waals surface area contributed by atoms with Crippen LogP contribution in [0.25, 0.3) is 32.9 Å². The number of aromatic nitrogens is 3. The van der Waals surface area contributed by atoms with Crippen LogP contribution >= 0.6 is 0 Å². The second kappa shape index (κ2) is 9.22. The zero-order valence-corrected chi connectivity index (χ0v) is 21.3. The van der Waals surface area contributed by atoms with Crippen LogP contribution < -0.4 is 0 Å². The van der Waals surface area contributed by atoms with Crippen molar-refractivity contribution >= 4 is 21.8 Å². The molecule has 0 radical (unpaired) electrons. The maximum Gasteiger partial charge on any atom is 0.134 e. The minimum absolute atomic E-state index is 0.219. The Labute approximate surface area is 208 Å². The van der Waals surface area contributed by atoms with Crippen LogP contribution in [0.2, 0.25) is 0 Å². The molecular formula is C32H33N3. The smallest absolute Gasteiger partial charge is 0.134 e. The number of benzene rings is 3. The van der Waals surface area contributed by atoms with Gasteiger partial charge in [0, 0.05) is 34.1 Å². The lowest BCUT2D eigenvalue weighted by molar-refractivity contribution is 0.490. The third kappa shape index (κ3) is 4.55. The number of hydrogen-bond donors (Lipinski definition) is 0. The standard InChI is InChI=1S/C32H33N3/c1-21(2)22(3)23-12-14-24(15-13-23)28-17-16-25(27-10-8-18-33-30(27)28)19-32(4,5)31-34-20-26-9-6-7-11-29(26)35-31/h6-18,20-22H,19H2,1-5H3. The summed E-state index contributed by atoms with van der Waals surface area (Å²) in [6, 6.07) is 25.9. The van der Waals surface area contributed by atoms with Crippen LogP contribution in [0, 0.1) is 5.92 Å². The molecule has 0 aliphatic carbocycles. The normalized spacial score (nSPS) is 13.0. The fraction of sp³-hybridized carbons (Fsp3) is 0.281. The lowest BCUT2D eigenvalue weighted by atomic mass is 9.82. The molecule has 3 heteroatoms. The van der Waals surface area contributed by atoms with E-state index in [1.807, 2.05) is 30.6 Å². The van der Waals surface area contributed by atoms with Crippen LogP contribution in [0.5, 0.6) is 0 Å². The zero-order valence-electron chi connectivity index (χ0n) is 21.3. The molecule has 0 saturated carbocycles. The van der Waals surface area contributed by atoms with Crippen LogP contribution in [-0.4, -0.2) is 15.0 Å². The molecule has 5 aromatic rings. The lowest BCUT2D eigenvalue weighted by Gasteiger charge is -2.24. The number of pyridine rings is 1. The van der Waals surface area contributed by atoms with Gasteiger partial charge in [0.05, 0.1) is 11.0 Å². The molecule has 3 aromatic carbocycles. The molecule has 0 aliphatic heterocycles. The van der Waals surface area contributed by atoms with Gasteiger partial charge in [-0.05, 0) is 47.1 Å². The minimum atomic E-state index is -0.219. The second-order valence-electron chi connectivity index (χ2n) is 10.6. The first kappa shape index (κ1) is 23.2. The maximum absolute atomic E-state index is 4.90. The first-order chi connectivity index (χ1) is 16.8. The summed E-state index contributed by atoms with van der Waals surface area (Å²) in [4.78, 5) is 14.4. The van der Waals surface area contributed by atoms with E-state index in [2.05, 4.69) is 89.2 Å². The summed E-state index contributed by atoms with van der Waals surface area (Å²) in [6.07, 6.45) is 4.66. The topological polar surface area (TPSA) is 38.7 Å². The summed E-state index contributed by atoms with van der Waals surface area (Å²) in [5.74, 6) is 2.03. The molecule has 0 fully saturated rings. The molecule has 1 unspecified atom stereocenters. The Kier molecular flexibility index (Phi) is 6.10. The highest BCUT2D eigenvalue weighted by Gasteiger charge is 2.26. The molecular weight excluding hydrogens is 426 g/mol. The van der Waals surface area contributed by atoms with Gasteiger partial charge in [0.2, 0.25) is 0 Å². The molecule has 3 nitrogen and oxygen atoms in total. The Hall–Kier alpha value is -3.59. The van der Waals surface area contributed by atoms with E-state index in [1.165, 1.54) is 27.6 Å². The van der Waals surface area contributed by atoms with Crippen molar-refractivity contribution in [3.05, 3.63) is 102 Å². The summed E-state index contributed by atoms with van der Waals surface area (Å²) in [6.45, 7) is 11.3. The van der Waals surface area contributed by atoms with Crippen LogP contribution in [0.1, 0.15) is 57.5 Å². The molecule has 0 N–H and O–H groups in total. The highest BCUT2D eigenvalue weighted by molar-refractivity contribution is 5.95. The van der Waals surface area contributed by atoms with Gasteiger partial charge in [-0.2, -0.15) is 0 Å². The predicted molar refractivity (Wildman–Crippen MR) is 147 cm³/mol. The minimum Gasteiger partial charge on any atom is -0.256 e.